The lowest BCUT2D eigenvalue weighted by molar-refractivity contribution is -0.135. The zero-order valence-corrected chi connectivity index (χ0v) is 19.7. The van der Waals surface area contributed by atoms with Gasteiger partial charge in [0.25, 0.3) is 17.7 Å². The van der Waals surface area contributed by atoms with Crippen molar-refractivity contribution in [3.05, 3.63) is 70.3 Å². The summed E-state index contributed by atoms with van der Waals surface area (Å²) in [6, 6.07) is 12.3. The van der Waals surface area contributed by atoms with Gasteiger partial charge >= 0.3 is 5.97 Å². The quantitative estimate of drug-likeness (QED) is 0.470. The zero-order valence-electron chi connectivity index (χ0n) is 19.7. The van der Waals surface area contributed by atoms with E-state index in [1.165, 1.54) is 28.7 Å². The van der Waals surface area contributed by atoms with Gasteiger partial charge < -0.3 is 14.4 Å². The lowest BCUT2D eigenvalue weighted by Gasteiger charge is -2.33. The number of carbonyl (C=O) groups excluding carboxylic acids is 4. The second kappa shape index (κ2) is 9.62. The second-order valence-electron chi connectivity index (χ2n) is 9.30. The number of benzene rings is 2. The van der Waals surface area contributed by atoms with Crippen molar-refractivity contribution in [2.24, 2.45) is 0 Å². The first-order valence-electron chi connectivity index (χ1n) is 12.1. The van der Waals surface area contributed by atoms with Gasteiger partial charge in [0.2, 0.25) is 0 Å². The normalized spacial score (nSPS) is 21.0. The van der Waals surface area contributed by atoms with Gasteiger partial charge in [-0.15, -0.1) is 0 Å². The third kappa shape index (κ3) is 4.46. The highest BCUT2D eigenvalue weighted by Crippen LogP contribution is 2.33. The highest BCUT2D eigenvalue weighted by Gasteiger charge is 2.38. The summed E-state index contributed by atoms with van der Waals surface area (Å²) in [5, 5.41) is 0. The summed E-state index contributed by atoms with van der Waals surface area (Å²) < 4.78 is 10.8. The van der Waals surface area contributed by atoms with E-state index in [1.54, 1.807) is 11.9 Å². The molecule has 2 aromatic rings. The van der Waals surface area contributed by atoms with E-state index in [1.807, 2.05) is 18.2 Å². The molecule has 3 amide bonds. The number of carbonyl (C=O) groups is 4. The van der Waals surface area contributed by atoms with Crippen LogP contribution in [0.2, 0.25) is 0 Å². The first kappa shape index (κ1) is 23.2. The van der Waals surface area contributed by atoms with Crippen LogP contribution in [0.5, 0.6) is 0 Å². The third-order valence-electron chi connectivity index (χ3n) is 7.14. The van der Waals surface area contributed by atoms with Crippen molar-refractivity contribution in [1.29, 1.82) is 0 Å². The lowest BCUT2D eigenvalue weighted by atomic mass is 9.87. The average Bonchev–Trinajstić information content (AvgIpc) is 3.49. The minimum absolute atomic E-state index is 0.0513. The molecule has 0 spiro atoms. The number of aryl methyl sites for hydroxylation is 1. The van der Waals surface area contributed by atoms with Gasteiger partial charge in [-0.1, -0.05) is 24.3 Å². The van der Waals surface area contributed by atoms with Crippen LogP contribution < -0.4 is 0 Å². The monoisotopic (exact) mass is 476 g/mol. The van der Waals surface area contributed by atoms with Gasteiger partial charge in [-0.25, -0.2) is 4.79 Å². The zero-order chi connectivity index (χ0) is 24.5. The van der Waals surface area contributed by atoms with Crippen LogP contribution >= 0.6 is 0 Å². The SMILES string of the molecule is CN(C(=O)COC(=O)c1ccc2c(c1)C(=O)N(CC1CCCO1)C2=O)C1CCCc2ccccc21. The largest absolute Gasteiger partial charge is 0.452 e. The number of likely N-dealkylation sites (N-methyl/N-ethyl adjacent to an activating group) is 1. The summed E-state index contributed by atoms with van der Waals surface area (Å²) in [5.41, 5.74) is 2.94. The van der Waals surface area contributed by atoms with Crippen LogP contribution in [0.3, 0.4) is 0 Å². The van der Waals surface area contributed by atoms with Crippen LogP contribution in [0.25, 0.3) is 0 Å². The standard InChI is InChI=1S/C27H28N2O6/c1-28(23-10-4-7-17-6-2-3-9-20(17)23)24(30)16-35-27(33)18-11-12-21-22(14-18)26(32)29(25(21)31)15-19-8-5-13-34-19/h2-3,6,9,11-12,14,19,23H,4-5,7-8,10,13,15-16H2,1H3. The van der Waals surface area contributed by atoms with Crippen molar-refractivity contribution < 1.29 is 28.7 Å². The second-order valence-corrected chi connectivity index (χ2v) is 9.30. The molecule has 2 unspecified atom stereocenters. The Bertz CT molecular complexity index is 1190. The number of ether oxygens (including phenoxy) is 2. The molecule has 2 atom stereocenters. The fourth-order valence-corrected chi connectivity index (χ4v) is 5.19. The minimum atomic E-state index is -0.712. The number of hydrogen-bond donors (Lipinski definition) is 0. The maximum Gasteiger partial charge on any atom is 0.338 e. The van der Waals surface area contributed by atoms with E-state index in [0.717, 1.165) is 37.7 Å². The van der Waals surface area contributed by atoms with E-state index in [4.69, 9.17) is 9.47 Å². The molecule has 1 saturated heterocycles. The highest BCUT2D eigenvalue weighted by atomic mass is 16.5. The topological polar surface area (TPSA) is 93.2 Å². The predicted molar refractivity (Wildman–Crippen MR) is 126 cm³/mol. The van der Waals surface area contributed by atoms with Crippen molar-refractivity contribution in [2.75, 3.05) is 26.8 Å². The lowest BCUT2D eigenvalue weighted by Crippen LogP contribution is -2.36. The highest BCUT2D eigenvalue weighted by molar-refractivity contribution is 6.22. The predicted octanol–water partition coefficient (Wildman–Crippen LogP) is 3.15. The summed E-state index contributed by atoms with van der Waals surface area (Å²) >= 11 is 0. The molecular formula is C27H28N2O6. The van der Waals surface area contributed by atoms with E-state index in [0.29, 0.717) is 6.61 Å². The summed E-state index contributed by atoms with van der Waals surface area (Å²) in [6.07, 6.45) is 4.40. The maximum atomic E-state index is 12.8. The van der Waals surface area contributed by atoms with Crippen molar-refractivity contribution in [3.8, 4) is 0 Å². The molecule has 1 aliphatic carbocycles. The van der Waals surface area contributed by atoms with Gasteiger partial charge in [0.15, 0.2) is 6.61 Å². The Morgan fingerprint density at radius 2 is 1.86 bits per heavy atom. The van der Waals surface area contributed by atoms with Crippen molar-refractivity contribution in [2.45, 2.75) is 44.2 Å². The number of esters is 1. The van der Waals surface area contributed by atoms with Crippen LogP contribution in [0.1, 0.15) is 73.9 Å². The molecule has 182 valence electrons. The van der Waals surface area contributed by atoms with Crippen LogP contribution in [0, 0.1) is 0 Å². The Kier molecular flexibility index (Phi) is 6.38. The fraction of sp³-hybridized carbons (Fsp3) is 0.407. The Hall–Kier alpha value is -3.52. The van der Waals surface area contributed by atoms with Crippen LogP contribution in [-0.4, -0.2) is 66.4 Å². The fourth-order valence-electron chi connectivity index (χ4n) is 5.19. The number of imide groups is 1. The van der Waals surface area contributed by atoms with Gasteiger partial charge in [0.1, 0.15) is 0 Å². The molecule has 1 fully saturated rings. The first-order chi connectivity index (χ1) is 16.9. The molecule has 5 rings (SSSR count). The molecule has 0 saturated carbocycles. The molecule has 2 aliphatic heterocycles. The van der Waals surface area contributed by atoms with Gasteiger partial charge in [-0.05, 0) is 61.4 Å². The van der Waals surface area contributed by atoms with Crippen molar-refractivity contribution in [3.63, 3.8) is 0 Å². The number of nitrogens with zero attached hydrogens (tertiary/aromatic N) is 2. The van der Waals surface area contributed by atoms with Gasteiger partial charge in [-0.2, -0.15) is 0 Å². The van der Waals surface area contributed by atoms with Gasteiger partial charge in [0.05, 0.1) is 35.4 Å². The van der Waals surface area contributed by atoms with E-state index in [9.17, 15) is 19.2 Å². The van der Waals surface area contributed by atoms with Crippen molar-refractivity contribution in [1.82, 2.24) is 9.80 Å². The molecule has 0 bridgehead atoms. The van der Waals surface area contributed by atoms with E-state index < -0.39 is 18.5 Å². The molecule has 8 heteroatoms. The molecular weight excluding hydrogens is 448 g/mol. The molecule has 2 aromatic carbocycles. The molecule has 3 aliphatic rings. The Balaban J connectivity index is 1.22. The maximum absolute atomic E-state index is 12.8. The summed E-state index contributed by atoms with van der Waals surface area (Å²) in [5.74, 6) is -1.83. The number of amides is 3. The Morgan fingerprint density at radius 1 is 1.06 bits per heavy atom. The molecule has 0 aromatic heterocycles. The number of hydrogen-bond acceptors (Lipinski definition) is 6. The average molecular weight is 477 g/mol. The molecule has 2 heterocycles. The summed E-state index contributed by atoms with van der Waals surface area (Å²) in [6.45, 7) is 0.436. The summed E-state index contributed by atoms with van der Waals surface area (Å²) in [7, 11) is 1.73. The Labute approximate surface area is 203 Å². The number of rotatable bonds is 6. The van der Waals surface area contributed by atoms with Gasteiger partial charge in [-0.3, -0.25) is 19.3 Å². The van der Waals surface area contributed by atoms with E-state index in [-0.39, 0.29) is 47.2 Å². The molecule has 0 N–H and O–H groups in total. The molecule has 0 radical (unpaired) electrons. The van der Waals surface area contributed by atoms with E-state index >= 15 is 0 Å². The van der Waals surface area contributed by atoms with Gasteiger partial charge in [0, 0.05) is 13.7 Å². The first-order valence-corrected chi connectivity index (χ1v) is 12.1. The van der Waals surface area contributed by atoms with Crippen molar-refractivity contribution >= 4 is 23.7 Å². The van der Waals surface area contributed by atoms with Crippen LogP contribution in [-0.2, 0) is 20.7 Å². The number of fused-ring (bicyclic) bond motifs is 2. The minimum Gasteiger partial charge on any atom is -0.452 e. The molecule has 35 heavy (non-hydrogen) atoms. The molecule has 8 nitrogen and oxygen atoms in total. The Morgan fingerprint density at radius 3 is 2.66 bits per heavy atom. The summed E-state index contributed by atoms with van der Waals surface area (Å²) in [4.78, 5) is 53.8. The van der Waals surface area contributed by atoms with E-state index in [2.05, 4.69) is 6.07 Å². The smallest absolute Gasteiger partial charge is 0.338 e. The van der Waals surface area contributed by atoms with Crippen LogP contribution in [0.15, 0.2) is 42.5 Å². The van der Waals surface area contributed by atoms with Crippen LogP contribution in [0.4, 0.5) is 0 Å². The third-order valence-corrected chi connectivity index (χ3v) is 7.14.